The lowest BCUT2D eigenvalue weighted by atomic mass is 9.95. The monoisotopic (exact) mass is 319 g/mol. The molecule has 1 fully saturated rings. The second-order valence-electron chi connectivity index (χ2n) is 6.80. The molecule has 1 aliphatic rings. The van der Waals surface area contributed by atoms with Gasteiger partial charge in [0, 0.05) is 6.54 Å². The highest BCUT2D eigenvalue weighted by Crippen LogP contribution is 2.32. The van der Waals surface area contributed by atoms with Crippen molar-refractivity contribution in [2.24, 2.45) is 0 Å². The van der Waals surface area contributed by atoms with Crippen LogP contribution in [0.3, 0.4) is 0 Å². The molecule has 0 aromatic heterocycles. The van der Waals surface area contributed by atoms with Gasteiger partial charge in [0.15, 0.2) is 0 Å². The SMILES string of the molecule is COC(=O)c1ccc(C2CCCCN2C(=O)OC(C)(C)C)cc1. The number of rotatable bonds is 2. The van der Waals surface area contributed by atoms with E-state index < -0.39 is 5.60 Å². The van der Waals surface area contributed by atoms with Gasteiger partial charge in [-0.1, -0.05) is 12.1 Å². The first kappa shape index (κ1) is 17.3. The molecule has 126 valence electrons. The maximum absolute atomic E-state index is 12.4. The first-order valence-corrected chi connectivity index (χ1v) is 8.00. The average Bonchev–Trinajstić information content (AvgIpc) is 2.52. The van der Waals surface area contributed by atoms with Gasteiger partial charge in [-0.05, 0) is 57.7 Å². The number of benzene rings is 1. The van der Waals surface area contributed by atoms with E-state index in [4.69, 9.17) is 9.47 Å². The average molecular weight is 319 g/mol. The van der Waals surface area contributed by atoms with Crippen LogP contribution in [0.4, 0.5) is 4.79 Å². The van der Waals surface area contributed by atoms with Crippen LogP contribution in [0.5, 0.6) is 0 Å². The fourth-order valence-electron chi connectivity index (χ4n) is 2.78. The van der Waals surface area contributed by atoms with Crippen molar-refractivity contribution in [3.8, 4) is 0 Å². The Balaban J connectivity index is 2.17. The van der Waals surface area contributed by atoms with Crippen LogP contribution in [0, 0.1) is 0 Å². The molecule has 0 saturated carbocycles. The van der Waals surface area contributed by atoms with Crippen molar-refractivity contribution >= 4 is 12.1 Å². The third-order valence-electron chi connectivity index (χ3n) is 3.85. The smallest absolute Gasteiger partial charge is 0.410 e. The summed E-state index contributed by atoms with van der Waals surface area (Å²) in [6.45, 7) is 6.30. The molecule has 5 heteroatoms. The van der Waals surface area contributed by atoms with Crippen molar-refractivity contribution in [1.29, 1.82) is 0 Å². The number of esters is 1. The van der Waals surface area contributed by atoms with E-state index in [1.165, 1.54) is 7.11 Å². The number of piperidine rings is 1. The predicted octanol–water partition coefficient (Wildman–Crippen LogP) is 3.94. The molecule has 1 aromatic rings. The number of methoxy groups -OCH3 is 1. The second kappa shape index (κ2) is 7.02. The van der Waals surface area contributed by atoms with Crippen molar-refractivity contribution < 1.29 is 19.1 Å². The topological polar surface area (TPSA) is 55.8 Å². The van der Waals surface area contributed by atoms with Crippen LogP contribution in [-0.2, 0) is 9.47 Å². The molecule has 23 heavy (non-hydrogen) atoms. The summed E-state index contributed by atoms with van der Waals surface area (Å²) >= 11 is 0. The van der Waals surface area contributed by atoms with Crippen molar-refractivity contribution in [1.82, 2.24) is 4.90 Å². The number of likely N-dealkylation sites (tertiary alicyclic amines) is 1. The molecule has 0 spiro atoms. The molecular weight excluding hydrogens is 294 g/mol. The minimum Gasteiger partial charge on any atom is -0.465 e. The van der Waals surface area contributed by atoms with Gasteiger partial charge in [0.25, 0.3) is 0 Å². The fraction of sp³-hybridized carbons (Fsp3) is 0.556. The molecule has 0 aliphatic carbocycles. The minimum atomic E-state index is -0.506. The molecule has 1 saturated heterocycles. The van der Waals surface area contributed by atoms with Gasteiger partial charge in [0.05, 0.1) is 18.7 Å². The Kier molecular flexibility index (Phi) is 5.29. The van der Waals surface area contributed by atoms with Gasteiger partial charge in [0.1, 0.15) is 5.60 Å². The zero-order valence-electron chi connectivity index (χ0n) is 14.3. The molecule has 5 nitrogen and oxygen atoms in total. The summed E-state index contributed by atoms with van der Waals surface area (Å²) in [6, 6.07) is 7.25. The molecule has 2 rings (SSSR count). The van der Waals surface area contributed by atoms with Gasteiger partial charge < -0.3 is 14.4 Å². The lowest BCUT2D eigenvalue weighted by molar-refractivity contribution is 0.00948. The number of nitrogens with zero attached hydrogens (tertiary/aromatic N) is 1. The Morgan fingerprint density at radius 1 is 1.13 bits per heavy atom. The first-order chi connectivity index (χ1) is 10.8. The van der Waals surface area contributed by atoms with Crippen LogP contribution in [0.25, 0.3) is 0 Å². The van der Waals surface area contributed by atoms with Crippen LogP contribution in [0.1, 0.15) is 62.0 Å². The van der Waals surface area contributed by atoms with E-state index in [9.17, 15) is 9.59 Å². The molecule has 0 radical (unpaired) electrons. The largest absolute Gasteiger partial charge is 0.465 e. The Morgan fingerprint density at radius 3 is 2.35 bits per heavy atom. The highest BCUT2D eigenvalue weighted by molar-refractivity contribution is 5.89. The Hall–Kier alpha value is -2.04. The van der Waals surface area contributed by atoms with Crippen molar-refractivity contribution in [2.45, 2.75) is 51.7 Å². The Bertz CT molecular complexity index is 559. The van der Waals surface area contributed by atoms with E-state index in [1.54, 1.807) is 17.0 Å². The van der Waals surface area contributed by atoms with Gasteiger partial charge in [0.2, 0.25) is 0 Å². The second-order valence-corrected chi connectivity index (χ2v) is 6.80. The Morgan fingerprint density at radius 2 is 1.78 bits per heavy atom. The summed E-state index contributed by atoms with van der Waals surface area (Å²) in [6.07, 6.45) is 2.68. The maximum Gasteiger partial charge on any atom is 0.410 e. The van der Waals surface area contributed by atoms with E-state index in [-0.39, 0.29) is 18.1 Å². The Labute approximate surface area is 137 Å². The van der Waals surface area contributed by atoms with Gasteiger partial charge in [-0.25, -0.2) is 9.59 Å². The molecule has 1 amide bonds. The van der Waals surface area contributed by atoms with Crippen molar-refractivity contribution in [3.05, 3.63) is 35.4 Å². The summed E-state index contributed by atoms with van der Waals surface area (Å²) in [5.74, 6) is -0.357. The van der Waals surface area contributed by atoms with E-state index in [0.29, 0.717) is 12.1 Å². The summed E-state index contributed by atoms with van der Waals surface area (Å²) in [4.78, 5) is 25.8. The van der Waals surface area contributed by atoms with Gasteiger partial charge in [-0.3, -0.25) is 0 Å². The molecule has 1 heterocycles. The molecule has 1 aromatic carbocycles. The molecule has 1 unspecified atom stereocenters. The third kappa shape index (κ3) is 4.47. The fourth-order valence-corrected chi connectivity index (χ4v) is 2.78. The third-order valence-corrected chi connectivity index (χ3v) is 3.85. The molecular formula is C18H25NO4. The van der Waals surface area contributed by atoms with Crippen LogP contribution < -0.4 is 0 Å². The predicted molar refractivity (Wildman–Crippen MR) is 87.3 cm³/mol. The minimum absolute atomic E-state index is 0.00898. The van der Waals surface area contributed by atoms with E-state index >= 15 is 0 Å². The number of carbonyl (C=O) groups excluding carboxylic acids is 2. The highest BCUT2D eigenvalue weighted by atomic mass is 16.6. The standard InChI is InChI=1S/C18H25NO4/c1-18(2,3)23-17(21)19-12-6-5-7-15(19)13-8-10-14(11-9-13)16(20)22-4/h8-11,15H,5-7,12H2,1-4H3. The number of amides is 1. The van der Waals surface area contributed by atoms with Crippen molar-refractivity contribution in [2.75, 3.05) is 13.7 Å². The first-order valence-electron chi connectivity index (χ1n) is 8.00. The maximum atomic E-state index is 12.4. The molecule has 1 atom stereocenters. The number of carbonyl (C=O) groups is 2. The summed E-state index contributed by atoms with van der Waals surface area (Å²) in [7, 11) is 1.36. The van der Waals surface area contributed by atoms with Gasteiger partial charge in [-0.2, -0.15) is 0 Å². The van der Waals surface area contributed by atoms with Crippen molar-refractivity contribution in [3.63, 3.8) is 0 Å². The van der Waals surface area contributed by atoms with E-state index in [2.05, 4.69) is 0 Å². The van der Waals surface area contributed by atoms with E-state index in [0.717, 1.165) is 24.8 Å². The number of hydrogen-bond donors (Lipinski definition) is 0. The molecule has 0 bridgehead atoms. The van der Waals surface area contributed by atoms with E-state index in [1.807, 2.05) is 32.9 Å². The van der Waals surface area contributed by atoms with Crippen LogP contribution in [0.2, 0.25) is 0 Å². The number of hydrogen-bond acceptors (Lipinski definition) is 4. The number of ether oxygens (including phenoxy) is 2. The van der Waals surface area contributed by atoms with Gasteiger partial charge in [-0.15, -0.1) is 0 Å². The van der Waals surface area contributed by atoms with Crippen LogP contribution in [-0.4, -0.2) is 36.2 Å². The zero-order valence-corrected chi connectivity index (χ0v) is 14.3. The summed E-state index contributed by atoms with van der Waals surface area (Å²) in [5, 5.41) is 0. The zero-order chi connectivity index (χ0) is 17.0. The quantitative estimate of drug-likeness (QED) is 0.775. The summed E-state index contributed by atoms with van der Waals surface area (Å²) < 4.78 is 10.2. The molecule has 0 N–H and O–H groups in total. The van der Waals surface area contributed by atoms with Crippen LogP contribution in [0.15, 0.2) is 24.3 Å². The van der Waals surface area contributed by atoms with Gasteiger partial charge >= 0.3 is 12.1 Å². The highest BCUT2D eigenvalue weighted by Gasteiger charge is 2.31. The normalized spacial score (nSPS) is 18.4. The lowest BCUT2D eigenvalue weighted by Crippen LogP contribution is -2.41. The van der Waals surface area contributed by atoms with Crippen LogP contribution >= 0.6 is 0 Å². The lowest BCUT2D eigenvalue weighted by Gasteiger charge is -2.37. The molecule has 1 aliphatic heterocycles. The summed E-state index contributed by atoms with van der Waals surface area (Å²) in [5.41, 5.74) is 1.02.